The number of anilines is 1. The Bertz CT molecular complexity index is 1400. The number of nitrogens with one attached hydrogen (secondary N) is 2. The molecule has 33 heavy (non-hydrogen) atoms. The molecule has 2 amide bonds. The molecule has 0 aliphatic rings. The number of phenolic OH excluding ortho intramolecular Hbond substituents is 1. The smallest absolute Gasteiger partial charge is 0.275 e. The Morgan fingerprint density at radius 1 is 0.848 bits per heavy atom. The van der Waals surface area contributed by atoms with Crippen molar-refractivity contribution in [3.8, 4) is 5.75 Å². The van der Waals surface area contributed by atoms with E-state index < -0.39 is 17.6 Å². The third-order valence-corrected chi connectivity index (χ3v) is 5.08. The van der Waals surface area contributed by atoms with E-state index in [9.17, 15) is 19.1 Å². The molecule has 6 nitrogen and oxygen atoms in total. The van der Waals surface area contributed by atoms with Gasteiger partial charge in [-0.3, -0.25) is 9.59 Å². The van der Waals surface area contributed by atoms with E-state index in [1.165, 1.54) is 24.3 Å². The Balaban J connectivity index is 1.51. The summed E-state index contributed by atoms with van der Waals surface area (Å²) in [7, 11) is 0. The molecule has 164 valence electrons. The fourth-order valence-electron chi connectivity index (χ4n) is 3.41. The van der Waals surface area contributed by atoms with Crippen LogP contribution >= 0.6 is 0 Å². The van der Waals surface area contributed by atoms with Crippen LogP contribution in [-0.2, 0) is 0 Å². The summed E-state index contributed by atoms with van der Waals surface area (Å²) < 4.78 is 13.4. The number of halogens is 1. The minimum Gasteiger partial charge on any atom is -0.507 e. The van der Waals surface area contributed by atoms with Gasteiger partial charge in [0.15, 0.2) is 0 Å². The van der Waals surface area contributed by atoms with Gasteiger partial charge in [0.2, 0.25) is 0 Å². The second-order valence-electron chi connectivity index (χ2n) is 7.36. The van der Waals surface area contributed by atoms with Gasteiger partial charge in [-0.15, -0.1) is 0 Å². The summed E-state index contributed by atoms with van der Waals surface area (Å²) in [5.74, 6) is -1.62. The summed E-state index contributed by atoms with van der Waals surface area (Å²) in [6.45, 7) is 1.71. The van der Waals surface area contributed by atoms with Gasteiger partial charge in [0.05, 0.1) is 11.3 Å². The lowest BCUT2D eigenvalue weighted by atomic mass is 10.0. The second kappa shape index (κ2) is 9.32. The van der Waals surface area contributed by atoms with Gasteiger partial charge in [-0.05, 0) is 59.7 Å². The number of hydrazone groups is 1. The molecule has 0 radical (unpaired) electrons. The third kappa shape index (κ3) is 4.88. The Labute approximate surface area is 189 Å². The van der Waals surface area contributed by atoms with E-state index in [0.29, 0.717) is 22.3 Å². The number of amides is 2. The SMILES string of the molecule is C/C(=N\NC(=O)c1c(O)ccc2ccccc12)c1cccc(NC(=O)c2cccc(F)c2)c1. The summed E-state index contributed by atoms with van der Waals surface area (Å²) in [4.78, 5) is 25.1. The van der Waals surface area contributed by atoms with Crippen LogP contribution in [0.1, 0.15) is 33.2 Å². The van der Waals surface area contributed by atoms with Crippen molar-refractivity contribution >= 4 is 34.0 Å². The molecule has 0 fully saturated rings. The lowest BCUT2D eigenvalue weighted by Gasteiger charge is -2.09. The molecule has 0 spiro atoms. The molecule has 0 unspecified atom stereocenters. The molecule has 0 aromatic heterocycles. The van der Waals surface area contributed by atoms with E-state index >= 15 is 0 Å². The summed E-state index contributed by atoms with van der Waals surface area (Å²) in [5, 5.41) is 18.5. The van der Waals surface area contributed by atoms with Crippen molar-refractivity contribution in [3.05, 3.63) is 107 Å². The topological polar surface area (TPSA) is 90.8 Å². The maximum absolute atomic E-state index is 13.4. The van der Waals surface area contributed by atoms with Crippen molar-refractivity contribution in [2.24, 2.45) is 5.10 Å². The standard InChI is InChI=1S/C26H20FN3O3/c1-16(29-30-26(33)24-22-11-3-2-6-17(22)12-13-23(24)31)18-7-5-10-21(15-18)28-25(32)19-8-4-9-20(27)14-19/h2-15,31H,1H3,(H,28,32)(H,30,33)/b29-16+. The minimum absolute atomic E-state index is 0.138. The molecule has 0 saturated heterocycles. The van der Waals surface area contributed by atoms with Crippen LogP contribution in [0.2, 0.25) is 0 Å². The van der Waals surface area contributed by atoms with Crippen LogP contribution in [0.15, 0.2) is 90.0 Å². The van der Waals surface area contributed by atoms with Crippen LogP contribution in [0.5, 0.6) is 5.75 Å². The first-order valence-electron chi connectivity index (χ1n) is 10.1. The molecule has 0 bridgehead atoms. The molecule has 3 N–H and O–H groups in total. The first kappa shape index (κ1) is 21.7. The zero-order chi connectivity index (χ0) is 23.4. The lowest BCUT2D eigenvalue weighted by molar-refractivity contribution is 0.0953. The number of phenols is 1. The number of hydrogen-bond acceptors (Lipinski definition) is 4. The molecule has 4 rings (SSSR count). The molecule has 0 aliphatic carbocycles. The summed E-state index contributed by atoms with van der Waals surface area (Å²) in [5.41, 5.74) is 4.47. The summed E-state index contributed by atoms with van der Waals surface area (Å²) >= 11 is 0. The van der Waals surface area contributed by atoms with Gasteiger partial charge < -0.3 is 10.4 Å². The van der Waals surface area contributed by atoms with Crippen LogP contribution in [0.4, 0.5) is 10.1 Å². The normalized spacial score (nSPS) is 11.3. The van der Waals surface area contributed by atoms with Gasteiger partial charge in [-0.1, -0.05) is 48.5 Å². The Morgan fingerprint density at radius 3 is 2.42 bits per heavy atom. The summed E-state index contributed by atoms with van der Waals surface area (Å²) in [6, 6.07) is 22.8. The number of fused-ring (bicyclic) bond motifs is 1. The molecular weight excluding hydrogens is 421 g/mol. The first-order valence-corrected chi connectivity index (χ1v) is 10.1. The maximum Gasteiger partial charge on any atom is 0.275 e. The maximum atomic E-state index is 13.4. The Hall–Kier alpha value is -4.52. The van der Waals surface area contributed by atoms with Gasteiger partial charge >= 0.3 is 0 Å². The average molecular weight is 441 g/mol. The number of nitrogens with zero attached hydrogens (tertiary/aromatic N) is 1. The highest BCUT2D eigenvalue weighted by Crippen LogP contribution is 2.27. The highest BCUT2D eigenvalue weighted by atomic mass is 19.1. The molecule has 7 heteroatoms. The molecule has 0 saturated carbocycles. The number of hydrogen-bond donors (Lipinski definition) is 3. The first-order chi connectivity index (χ1) is 15.9. The van der Waals surface area contributed by atoms with Crippen molar-refractivity contribution in [2.45, 2.75) is 6.92 Å². The van der Waals surface area contributed by atoms with Gasteiger partial charge in [0, 0.05) is 11.3 Å². The van der Waals surface area contributed by atoms with E-state index in [1.54, 1.807) is 49.4 Å². The highest BCUT2D eigenvalue weighted by Gasteiger charge is 2.15. The van der Waals surface area contributed by atoms with Crippen LogP contribution in [-0.4, -0.2) is 22.6 Å². The molecule has 0 atom stereocenters. The van der Waals surface area contributed by atoms with Crippen LogP contribution in [0, 0.1) is 5.82 Å². The fourth-order valence-corrected chi connectivity index (χ4v) is 3.41. The largest absolute Gasteiger partial charge is 0.507 e. The Morgan fingerprint density at radius 2 is 1.61 bits per heavy atom. The number of carbonyl (C=O) groups excluding carboxylic acids is 2. The average Bonchev–Trinajstić information content (AvgIpc) is 2.82. The van der Waals surface area contributed by atoms with Gasteiger partial charge in [0.1, 0.15) is 11.6 Å². The Kier molecular flexibility index (Phi) is 6.13. The molecular formula is C26H20FN3O3. The fraction of sp³-hybridized carbons (Fsp3) is 0.0385. The van der Waals surface area contributed by atoms with Gasteiger partial charge in [0.25, 0.3) is 11.8 Å². The van der Waals surface area contributed by atoms with Crippen molar-refractivity contribution in [2.75, 3.05) is 5.32 Å². The van der Waals surface area contributed by atoms with Crippen molar-refractivity contribution in [1.29, 1.82) is 0 Å². The highest BCUT2D eigenvalue weighted by molar-refractivity contribution is 6.10. The summed E-state index contributed by atoms with van der Waals surface area (Å²) in [6.07, 6.45) is 0. The lowest BCUT2D eigenvalue weighted by Crippen LogP contribution is -2.20. The van der Waals surface area contributed by atoms with Crippen molar-refractivity contribution in [1.82, 2.24) is 5.43 Å². The van der Waals surface area contributed by atoms with Gasteiger partial charge in [-0.25, -0.2) is 9.82 Å². The monoisotopic (exact) mass is 441 g/mol. The van der Waals surface area contributed by atoms with E-state index in [1.807, 2.05) is 12.1 Å². The number of benzene rings is 4. The molecule has 4 aromatic carbocycles. The van der Waals surface area contributed by atoms with E-state index in [4.69, 9.17) is 0 Å². The van der Waals surface area contributed by atoms with Gasteiger partial charge in [-0.2, -0.15) is 5.10 Å². The molecule has 0 aliphatic heterocycles. The number of rotatable bonds is 5. The van der Waals surface area contributed by atoms with E-state index in [0.717, 1.165) is 11.5 Å². The zero-order valence-corrected chi connectivity index (χ0v) is 17.7. The van der Waals surface area contributed by atoms with Crippen LogP contribution < -0.4 is 10.7 Å². The van der Waals surface area contributed by atoms with Crippen molar-refractivity contribution < 1.29 is 19.1 Å². The van der Waals surface area contributed by atoms with E-state index in [-0.39, 0.29) is 16.9 Å². The van der Waals surface area contributed by atoms with Crippen LogP contribution in [0.25, 0.3) is 10.8 Å². The molecule has 0 heterocycles. The zero-order valence-electron chi connectivity index (χ0n) is 17.7. The quantitative estimate of drug-likeness (QED) is 0.298. The minimum atomic E-state index is -0.542. The number of aromatic hydroxyl groups is 1. The number of carbonyl (C=O) groups is 2. The second-order valence-corrected chi connectivity index (χ2v) is 7.36. The predicted molar refractivity (Wildman–Crippen MR) is 126 cm³/mol. The molecule has 4 aromatic rings. The van der Waals surface area contributed by atoms with E-state index in [2.05, 4.69) is 15.8 Å². The van der Waals surface area contributed by atoms with Crippen molar-refractivity contribution in [3.63, 3.8) is 0 Å². The van der Waals surface area contributed by atoms with Crippen LogP contribution in [0.3, 0.4) is 0 Å². The predicted octanol–water partition coefficient (Wildman–Crippen LogP) is 5.09. The third-order valence-electron chi connectivity index (χ3n) is 5.08.